The first-order valence-corrected chi connectivity index (χ1v) is 10.1. The topological polar surface area (TPSA) is 93.4 Å². The van der Waals surface area contributed by atoms with E-state index in [9.17, 15) is 4.79 Å². The number of aromatic nitrogens is 4. The standard InChI is InChI=1S/C20H17ClN6O2S/c1-12-9-18(27-19(24-12)22-11-23-27)30-17-6-4-3-5-14(17)25-20(28)26-15-10-13(21)7-8-16(15)29-2/h3-11H,1-2H3,(H2,25,26,28). The third-order valence-electron chi connectivity index (χ3n) is 4.11. The Kier molecular flexibility index (Phi) is 5.73. The summed E-state index contributed by atoms with van der Waals surface area (Å²) >= 11 is 7.49. The Morgan fingerprint density at radius 2 is 1.93 bits per heavy atom. The van der Waals surface area contributed by atoms with Crippen molar-refractivity contribution in [3.8, 4) is 5.75 Å². The lowest BCUT2D eigenvalue weighted by Gasteiger charge is -2.14. The number of methoxy groups -OCH3 is 1. The summed E-state index contributed by atoms with van der Waals surface area (Å²) in [6, 6.07) is 14.0. The second-order valence-electron chi connectivity index (χ2n) is 6.23. The highest BCUT2D eigenvalue weighted by molar-refractivity contribution is 7.99. The van der Waals surface area contributed by atoms with Crippen LogP contribution in [0.25, 0.3) is 5.78 Å². The lowest BCUT2D eigenvalue weighted by Crippen LogP contribution is -2.20. The van der Waals surface area contributed by atoms with Crippen LogP contribution in [0.5, 0.6) is 5.75 Å². The molecule has 0 unspecified atom stereocenters. The molecule has 152 valence electrons. The number of nitrogens with zero attached hydrogens (tertiary/aromatic N) is 4. The van der Waals surface area contributed by atoms with Gasteiger partial charge in [0.25, 0.3) is 5.78 Å². The Labute approximate surface area is 181 Å². The molecule has 0 atom stereocenters. The third kappa shape index (κ3) is 4.32. The van der Waals surface area contributed by atoms with Crippen molar-refractivity contribution >= 4 is 46.5 Å². The molecule has 0 fully saturated rings. The molecule has 0 saturated carbocycles. The van der Waals surface area contributed by atoms with E-state index in [4.69, 9.17) is 16.3 Å². The van der Waals surface area contributed by atoms with Crippen LogP contribution in [0.15, 0.2) is 64.8 Å². The number of benzene rings is 2. The Morgan fingerprint density at radius 1 is 1.13 bits per heavy atom. The Morgan fingerprint density at radius 3 is 2.77 bits per heavy atom. The van der Waals surface area contributed by atoms with Gasteiger partial charge in [0.2, 0.25) is 0 Å². The summed E-state index contributed by atoms with van der Waals surface area (Å²) in [5.41, 5.74) is 1.94. The molecule has 4 aromatic rings. The first-order chi connectivity index (χ1) is 14.5. The van der Waals surface area contributed by atoms with Gasteiger partial charge in [0.1, 0.15) is 17.1 Å². The van der Waals surface area contributed by atoms with Crippen LogP contribution in [0.1, 0.15) is 5.69 Å². The van der Waals surface area contributed by atoms with Crippen molar-refractivity contribution in [2.75, 3.05) is 17.7 Å². The summed E-state index contributed by atoms with van der Waals surface area (Å²) < 4.78 is 6.93. The lowest BCUT2D eigenvalue weighted by molar-refractivity contribution is 0.262. The summed E-state index contributed by atoms with van der Waals surface area (Å²) in [5.74, 6) is 1.03. The second kappa shape index (κ2) is 8.60. The molecule has 30 heavy (non-hydrogen) atoms. The SMILES string of the molecule is COc1ccc(Cl)cc1NC(=O)Nc1ccccc1Sc1cc(C)nc2ncnn12. The van der Waals surface area contributed by atoms with Crippen molar-refractivity contribution in [3.05, 3.63) is 65.6 Å². The van der Waals surface area contributed by atoms with Gasteiger partial charge in [0.15, 0.2) is 0 Å². The lowest BCUT2D eigenvalue weighted by atomic mass is 10.3. The number of hydrogen-bond donors (Lipinski definition) is 2. The van der Waals surface area contributed by atoms with Crippen molar-refractivity contribution in [1.82, 2.24) is 19.6 Å². The molecule has 8 nitrogen and oxygen atoms in total. The van der Waals surface area contributed by atoms with Crippen LogP contribution in [0, 0.1) is 6.92 Å². The molecule has 2 aromatic heterocycles. The fourth-order valence-electron chi connectivity index (χ4n) is 2.79. The van der Waals surface area contributed by atoms with Gasteiger partial charge in [-0.05, 0) is 43.3 Å². The number of para-hydroxylation sites is 1. The highest BCUT2D eigenvalue weighted by Crippen LogP contribution is 2.34. The first kappa shape index (κ1) is 20.0. The van der Waals surface area contributed by atoms with Gasteiger partial charge in [0.05, 0.1) is 18.5 Å². The number of carbonyl (C=O) groups is 1. The molecule has 2 N–H and O–H groups in total. The summed E-state index contributed by atoms with van der Waals surface area (Å²) in [7, 11) is 1.53. The van der Waals surface area contributed by atoms with Gasteiger partial charge in [0, 0.05) is 15.6 Å². The number of rotatable bonds is 5. The van der Waals surface area contributed by atoms with E-state index in [2.05, 4.69) is 25.7 Å². The predicted molar refractivity (Wildman–Crippen MR) is 117 cm³/mol. The van der Waals surface area contributed by atoms with Gasteiger partial charge in [-0.3, -0.25) is 0 Å². The van der Waals surface area contributed by atoms with Crippen molar-refractivity contribution < 1.29 is 9.53 Å². The quantitative estimate of drug-likeness (QED) is 0.429. The van der Waals surface area contributed by atoms with E-state index in [1.807, 2.05) is 37.3 Å². The van der Waals surface area contributed by atoms with E-state index in [0.29, 0.717) is 27.9 Å². The average Bonchev–Trinajstić information content (AvgIpc) is 3.18. The zero-order chi connectivity index (χ0) is 21.1. The number of aryl methyl sites for hydroxylation is 1. The van der Waals surface area contributed by atoms with Crippen LogP contribution in [-0.4, -0.2) is 32.7 Å². The third-order valence-corrected chi connectivity index (χ3v) is 5.42. The molecule has 0 aliphatic heterocycles. The van der Waals surface area contributed by atoms with E-state index in [-0.39, 0.29) is 0 Å². The van der Waals surface area contributed by atoms with Crippen molar-refractivity contribution in [2.24, 2.45) is 0 Å². The number of anilines is 2. The fourth-order valence-corrected chi connectivity index (χ4v) is 4.01. The zero-order valence-corrected chi connectivity index (χ0v) is 17.7. The fraction of sp³-hybridized carbons (Fsp3) is 0.100. The molecular formula is C20H17ClN6O2S. The van der Waals surface area contributed by atoms with Gasteiger partial charge in [-0.15, -0.1) is 0 Å². The largest absolute Gasteiger partial charge is 0.495 e. The van der Waals surface area contributed by atoms with Crippen LogP contribution >= 0.6 is 23.4 Å². The maximum Gasteiger partial charge on any atom is 0.323 e. The number of hydrogen-bond acceptors (Lipinski definition) is 6. The van der Waals surface area contributed by atoms with Crippen LogP contribution in [-0.2, 0) is 0 Å². The van der Waals surface area contributed by atoms with Gasteiger partial charge in [-0.2, -0.15) is 14.6 Å². The van der Waals surface area contributed by atoms with E-state index >= 15 is 0 Å². The monoisotopic (exact) mass is 440 g/mol. The van der Waals surface area contributed by atoms with Crippen LogP contribution in [0.2, 0.25) is 5.02 Å². The summed E-state index contributed by atoms with van der Waals surface area (Å²) in [6.45, 7) is 1.90. The molecule has 0 aliphatic rings. The summed E-state index contributed by atoms with van der Waals surface area (Å²) in [5, 5.41) is 11.2. The number of halogens is 1. The minimum Gasteiger partial charge on any atom is -0.495 e. The van der Waals surface area contributed by atoms with Crippen molar-refractivity contribution in [3.63, 3.8) is 0 Å². The molecule has 2 aromatic carbocycles. The van der Waals surface area contributed by atoms with E-state index < -0.39 is 6.03 Å². The summed E-state index contributed by atoms with van der Waals surface area (Å²) in [4.78, 5) is 22.0. The average molecular weight is 441 g/mol. The summed E-state index contributed by atoms with van der Waals surface area (Å²) in [6.07, 6.45) is 1.46. The maximum atomic E-state index is 12.6. The first-order valence-electron chi connectivity index (χ1n) is 8.89. The minimum absolute atomic E-state index is 0.416. The smallest absolute Gasteiger partial charge is 0.323 e. The van der Waals surface area contributed by atoms with Crippen molar-refractivity contribution in [2.45, 2.75) is 16.8 Å². The highest BCUT2D eigenvalue weighted by atomic mass is 35.5. The molecule has 0 aliphatic carbocycles. The van der Waals surface area contributed by atoms with Crippen LogP contribution in [0.4, 0.5) is 16.2 Å². The van der Waals surface area contributed by atoms with Gasteiger partial charge in [-0.25, -0.2) is 9.78 Å². The van der Waals surface area contributed by atoms with E-state index in [1.54, 1.807) is 22.7 Å². The molecule has 10 heteroatoms. The number of carbonyl (C=O) groups excluding carboxylic acids is 1. The van der Waals surface area contributed by atoms with Crippen LogP contribution < -0.4 is 15.4 Å². The Balaban J connectivity index is 1.57. The Hall–Kier alpha value is -3.30. The van der Waals surface area contributed by atoms with Crippen molar-refractivity contribution in [1.29, 1.82) is 0 Å². The minimum atomic E-state index is -0.416. The number of ether oxygens (including phenoxy) is 1. The molecule has 0 radical (unpaired) electrons. The number of urea groups is 1. The molecule has 2 amide bonds. The predicted octanol–water partition coefficient (Wildman–Crippen LogP) is 4.89. The highest BCUT2D eigenvalue weighted by Gasteiger charge is 2.13. The van der Waals surface area contributed by atoms with E-state index in [1.165, 1.54) is 25.2 Å². The molecule has 0 spiro atoms. The maximum absolute atomic E-state index is 12.6. The number of nitrogens with one attached hydrogen (secondary N) is 2. The number of amides is 2. The van der Waals surface area contributed by atoms with Gasteiger partial charge < -0.3 is 15.4 Å². The number of fused-ring (bicyclic) bond motifs is 1. The van der Waals surface area contributed by atoms with Gasteiger partial charge in [-0.1, -0.05) is 35.5 Å². The molecule has 0 bridgehead atoms. The van der Waals surface area contributed by atoms with Gasteiger partial charge >= 0.3 is 6.03 Å². The van der Waals surface area contributed by atoms with E-state index in [0.717, 1.165) is 15.6 Å². The second-order valence-corrected chi connectivity index (χ2v) is 7.73. The molecule has 2 heterocycles. The molecule has 0 saturated heterocycles. The Bertz CT molecular complexity index is 1230. The normalized spacial score (nSPS) is 10.8. The molecule has 4 rings (SSSR count). The zero-order valence-electron chi connectivity index (χ0n) is 16.1. The van der Waals surface area contributed by atoms with Crippen LogP contribution in [0.3, 0.4) is 0 Å². The molecular weight excluding hydrogens is 424 g/mol.